The van der Waals surface area contributed by atoms with E-state index in [-0.39, 0.29) is 0 Å². The van der Waals surface area contributed by atoms with E-state index in [0.29, 0.717) is 0 Å². The van der Waals surface area contributed by atoms with Crippen molar-refractivity contribution >= 4 is 29.2 Å². The van der Waals surface area contributed by atoms with Crippen LogP contribution in [0, 0.1) is 6.92 Å². The van der Waals surface area contributed by atoms with Gasteiger partial charge in [0.25, 0.3) is 0 Å². The molecule has 3 heteroatoms. The molecule has 0 radical (unpaired) electrons. The molecular formula is C16H18ClNS. The van der Waals surface area contributed by atoms with Crippen molar-refractivity contribution in [3.05, 3.63) is 58.6 Å². The van der Waals surface area contributed by atoms with Crippen LogP contribution < -0.4 is 4.72 Å². The molecule has 2 aromatic carbocycles. The van der Waals surface area contributed by atoms with E-state index in [9.17, 15) is 0 Å². The van der Waals surface area contributed by atoms with Crippen molar-refractivity contribution in [3.8, 4) is 0 Å². The highest BCUT2D eigenvalue weighted by atomic mass is 35.5. The normalized spacial score (nSPS) is 10.5. The molecule has 1 nitrogen and oxygen atoms in total. The van der Waals surface area contributed by atoms with E-state index in [1.54, 1.807) is 11.9 Å². The second-order valence-electron chi connectivity index (χ2n) is 4.58. The first-order valence-corrected chi connectivity index (χ1v) is 7.66. The van der Waals surface area contributed by atoms with Crippen LogP contribution in [0.5, 0.6) is 0 Å². The molecule has 0 unspecified atom stereocenters. The van der Waals surface area contributed by atoms with Gasteiger partial charge in [-0.05, 0) is 60.7 Å². The molecule has 2 aromatic rings. The molecule has 2 rings (SSSR count). The van der Waals surface area contributed by atoms with Crippen LogP contribution in [0.2, 0.25) is 5.02 Å². The standard InChI is InChI=1S/C16H18ClNS/c1-3-4-13-6-8-14(9-7-13)19-18-16-10-5-12(2)11-15(16)17/h5-11,18H,3-4H2,1-2H3. The lowest BCUT2D eigenvalue weighted by molar-refractivity contribution is 0.920. The number of benzene rings is 2. The summed E-state index contributed by atoms with van der Waals surface area (Å²) in [5.74, 6) is 0. The predicted molar refractivity (Wildman–Crippen MR) is 86.1 cm³/mol. The Bertz CT molecular complexity index is 537. The summed E-state index contributed by atoms with van der Waals surface area (Å²) in [6, 6.07) is 14.7. The molecule has 0 bridgehead atoms. The van der Waals surface area contributed by atoms with E-state index in [1.165, 1.54) is 22.4 Å². The Labute approximate surface area is 124 Å². The van der Waals surface area contributed by atoms with Gasteiger partial charge >= 0.3 is 0 Å². The van der Waals surface area contributed by atoms with Gasteiger partial charge in [0, 0.05) is 4.90 Å². The molecule has 0 aliphatic carbocycles. The van der Waals surface area contributed by atoms with Gasteiger partial charge in [-0.2, -0.15) is 0 Å². The lowest BCUT2D eigenvalue weighted by Gasteiger charge is -2.08. The van der Waals surface area contributed by atoms with Crippen LogP contribution in [0.3, 0.4) is 0 Å². The molecule has 0 aliphatic heterocycles. The monoisotopic (exact) mass is 291 g/mol. The smallest absolute Gasteiger partial charge is 0.0648 e. The minimum Gasteiger partial charge on any atom is -0.324 e. The predicted octanol–water partition coefficient (Wildman–Crippen LogP) is 5.72. The minimum atomic E-state index is 0.759. The van der Waals surface area contributed by atoms with E-state index >= 15 is 0 Å². The third-order valence-electron chi connectivity index (χ3n) is 2.87. The second-order valence-corrected chi connectivity index (χ2v) is 5.87. The Morgan fingerprint density at radius 1 is 1.11 bits per heavy atom. The number of halogens is 1. The van der Waals surface area contributed by atoms with Gasteiger partial charge in [-0.3, -0.25) is 0 Å². The van der Waals surface area contributed by atoms with Crippen molar-refractivity contribution in [2.24, 2.45) is 0 Å². The summed E-state index contributed by atoms with van der Waals surface area (Å²) in [5.41, 5.74) is 3.51. The summed E-state index contributed by atoms with van der Waals surface area (Å²) < 4.78 is 3.29. The maximum absolute atomic E-state index is 6.19. The van der Waals surface area contributed by atoms with Crippen LogP contribution in [-0.4, -0.2) is 0 Å². The SMILES string of the molecule is CCCc1ccc(SNc2ccc(C)cc2Cl)cc1. The van der Waals surface area contributed by atoms with E-state index in [4.69, 9.17) is 11.6 Å². The topological polar surface area (TPSA) is 12.0 Å². The number of hydrogen-bond acceptors (Lipinski definition) is 2. The molecule has 1 N–H and O–H groups in total. The fraction of sp³-hybridized carbons (Fsp3) is 0.250. The Kier molecular flexibility index (Phi) is 5.17. The molecule has 0 aromatic heterocycles. The fourth-order valence-electron chi connectivity index (χ4n) is 1.83. The van der Waals surface area contributed by atoms with Gasteiger partial charge in [0.05, 0.1) is 10.7 Å². The molecule has 0 fully saturated rings. The maximum Gasteiger partial charge on any atom is 0.0648 e. The zero-order chi connectivity index (χ0) is 13.7. The molecular weight excluding hydrogens is 274 g/mol. The van der Waals surface area contributed by atoms with Gasteiger partial charge in [-0.25, -0.2) is 0 Å². The van der Waals surface area contributed by atoms with Crippen molar-refractivity contribution in [1.82, 2.24) is 0 Å². The summed E-state index contributed by atoms with van der Waals surface area (Å²) in [4.78, 5) is 1.19. The Hall–Kier alpha value is -1.12. The quantitative estimate of drug-likeness (QED) is 0.707. The number of aryl methyl sites for hydroxylation is 2. The van der Waals surface area contributed by atoms with Gasteiger partial charge in [-0.1, -0.05) is 43.1 Å². The molecule has 0 amide bonds. The maximum atomic E-state index is 6.19. The van der Waals surface area contributed by atoms with E-state index in [0.717, 1.165) is 17.1 Å². The van der Waals surface area contributed by atoms with Crippen LogP contribution in [0.25, 0.3) is 0 Å². The van der Waals surface area contributed by atoms with Gasteiger partial charge in [0.2, 0.25) is 0 Å². The molecule has 100 valence electrons. The van der Waals surface area contributed by atoms with Gasteiger partial charge in [-0.15, -0.1) is 0 Å². The zero-order valence-corrected chi connectivity index (χ0v) is 12.8. The van der Waals surface area contributed by atoms with Crippen LogP contribution >= 0.6 is 23.5 Å². The number of nitrogens with one attached hydrogen (secondary N) is 1. The first kappa shape index (κ1) is 14.3. The van der Waals surface area contributed by atoms with Gasteiger partial charge in [0.1, 0.15) is 0 Å². The summed E-state index contributed by atoms with van der Waals surface area (Å²) in [6.45, 7) is 4.23. The highest BCUT2D eigenvalue weighted by Crippen LogP contribution is 2.28. The minimum absolute atomic E-state index is 0.759. The molecule has 0 saturated heterocycles. The molecule has 0 aliphatic rings. The molecule has 0 heterocycles. The number of hydrogen-bond donors (Lipinski definition) is 1. The summed E-state index contributed by atoms with van der Waals surface area (Å²) in [7, 11) is 0. The second kappa shape index (κ2) is 6.88. The van der Waals surface area contributed by atoms with Crippen molar-refractivity contribution in [2.75, 3.05) is 4.72 Å². The fourth-order valence-corrected chi connectivity index (χ4v) is 2.85. The summed E-state index contributed by atoms with van der Waals surface area (Å²) >= 11 is 7.77. The average Bonchev–Trinajstić information content (AvgIpc) is 2.40. The van der Waals surface area contributed by atoms with Crippen molar-refractivity contribution in [2.45, 2.75) is 31.6 Å². The third kappa shape index (κ3) is 4.19. The Balaban J connectivity index is 1.98. The van der Waals surface area contributed by atoms with Gasteiger partial charge in [0.15, 0.2) is 0 Å². The van der Waals surface area contributed by atoms with Crippen molar-refractivity contribution in [1.29, 1.82) is 0 Å². The summed E-state index contributed by atoms with van der Waals surface area (Å²) in [5, 5.41) is 0.759. The molecule has 19 heavy (non-hydrogen) atoms. The summed E-state index contributed by atoms with van der Waals surface area (Å²) in [6.07, 6.45) is 2.33. The van der Waals surface area contributed by atoms with Crippen LogP contribution in [0.4, 0.5) is 5.69 Å². The molecule has 0 saturated carbocycles. The third-order valence-corrected chi connectivity index (χ3v) is 4.01. The van der Waals surface area contributed by atoms with Crippen LogP contribution in [-0.2, 0) is 6.42 Å². The largest absolute Gasteiger partial charge is 0.324 e. The van der Waals surface area contributed by atoms with E-state index in [1.807, 2.05) is 19.1 Å². The Morgan fingerprint density at radius 3 is 2.47 bits per heavy atom. The van der Waals surface area contributed by atoms with Crippen molar-refractivity contribution < 1.29 is 0 Å². The van der Waals surface area contributed by atoms with E-state index < -0.39 is 0 Å². The molecule has 0 spiro atoms. The van der Waals surface area contributed by atoms with Crippen molar-refractivity contribution in [3.63, 3.8) is 0 Å². The first-order chi connectivity index (χ1) is 9.19. The highest BCUT2D eigenvalue weighted by Gasteiger charge is 2.01. The number of rotatable bonds is 5. The zero-order valence-electron chi connectivity index (χ0n) is 11.2. The van der Waals surface area contributed by atoms with Crippen LogP contribution in [0.15, 0.2) is 47.4 Å². The van der Waals surface area contributed by atoms with E-state index in [2.05, 4.69) is 42.0 Å². The Morgan fingerprint density at radius 2 is 1.84 bits per heavy atom. The highest BCUT2D eigenvalue weighted by molar-refractivity contribution is 8.00. The number of anilines is 1. The lowest BCUT2D eigenvalue weighted by Crippen LogP contribution is -1.89. The first-order valence-electron chi connectivity index (χ1n) is 6.47. The van der Waals surface area contributed by atoms with Crippen LogP contribution in [0.1, 0.15) is 24.5 Å². The lowest BCUT2D eigenvalue weighted by atomic mass is 10.1. The van der Waals surface area contributed by atoms with Gasteiger partial charge < -0.3 is 4.72 Å². The average molecular weight is 292 g/mol. The molecule has 0 atom stereocenters.